The summed E-state index contributed by atoms with van der Waals surface area (Å²) in [5.74, 6) is 2.36. The van der Waals surface area contributed by atoms with Crippen LogP contribution in [0.4, 0.5) is 0 Å². The fourth-order valence-electron chi connectivity index (χ4n) is 3.78. The molecular formula is C27H38Cl2N2OS. The summed E-state index contributed by atoms with van der Waals surface area (Å²) in [4.78, 5) is 19.8. The lowest BCUT2D eigenvalue weighted by Gasteiger charge is -2.43. The van der Waals surface area contributed by atoms with Crippen LogP contribution in [-0.4, -0.2) is 33.3 Å². The van der Waals surface area contributed by atoms with Crippen molar-refractivity contribution < 1.29 is 4.79 Å². The van der Waals surface area contributed by atoms with Crippen LogP contribution >= 0.6 is 35.0 Å². The summed E-state index contributed by atoms with van der Waals surface area (Å²) in [5, 5.41) is 1.42. The Morgan fingerprint density at radius 1 is 1.12 bits per heavy atom. The molecule has 1 saturated heterocycles. The third-order valence-corrected chi connectivity index (χ3v) is 6.89. The van der Waals surface area contributed by atoms with Crippen LogP contribution in [0, 0.1) is 5.92 Å². The number of amides is 1. The zero-order valence-corrected chi connectivity index (χ0v) is 22.7. The molecule has 3 unspecified atom stereocenters. The first-order valence-electron chi connectivity index (χ1n) is 11.8. The Morgan fingerprint density at radius 2 is 1.82 bits per heavy atom. The molecule has 0 bridgehead atoms. The maximum absolute atomic E-state index is 13.1. The van der Waals surface area contributed by atoms with Crippen molar-refractivity contribution >= 4 is 40.9 Å². The van der Waals surface area contributed by atoms with E-state index in [-0.39, 0.29) is 23.9 Å². The highest BCUT2D eigenvalue weighted by molar-refractivity contribution is 7.99. The number of likely N-dealkylation sites (tertiary alicyclic amines) is 1. The monoisotopic (exact) mass is 508 g/mol. The van der Waals surface area contributed by atoms with Gasteiger partial charge in [0.05, 0.1) is 16.8 Å². The van der Waals surface area contributed by atoms with Crippen molar-refractivity contribution in [3.05, 3.63) is 77.1 Å². The third-order valence-electron chi connectivity index (χ3n) is 5.38. The summed E-state index contributed by atoms with van der Waals surface area (Å²) in [6.45, 7) is 12.1. The normalized spacial score (nSPS) is 18.4. The number of pyridine rings is 1. The number of allylic oxidation sites excluding steroid dienone is 1. The number of nitrogens with zero attached hydrogens (tertiary/aromatic N) is 2. The summed E-state index contributed by atoms with van der Waals surface area (Å²) in [6, 6.07) is 13.6. The van der Waals surface area contributed by atoms with Crippen LogP contribution in [0.1, 0.15) is 65.1 Å². The quantitative estimate of drug-likeness (QED) is 0.335. The maximum Gasteiger partial charge on any atom is 0.226 e. The highest BCUT2D eigenvalue weighted by Crippen LogP contribution is 2.37. The Hall–Kier alpha value is -1.49. The van der Waals surface area contributed by atoms with Gasteiger partial charge in [0, 0.05) is 28.9 Å². The molecule has 2 aromatic rings. The molecule has 0 spiro atoms. The molecule has 1 aromatic heterocycles. The minimum absolute atomic E-state index is 0.0539. The topological polar surface area (TPSA) is 33.2 Å². The van der Waals surface area contributed by atoms with Gasteiger partial charge in [-0.25, -0.2) is 0 Å². The number of hydrogen-bond donors (Lipinski definition) is 0. The summed E-state index contributed by atoms with van der Waals surface area (Å²) < 4.78 is 0. The number of halogens is 2. The van der Waals surface area contributed by atoms with Crippen LogP contribution in [-0.2, 0) is 4.79 Å². The molecule has 1 fully saturated rings. The van der Waals surface area contributed by atoms with E-state index in [1.54, 1.807) is 6.20 Å². The predicted octanol–water partition coefficient (Wildman–Crippen LogP) is 8.49. The highest BCUT2D eigenvalue weighted by atomic mass is 35.5. The molecule has 1 aliphatic heterocycles. The largest absolute Gasteiger partial charge is 0.330 e. The smallest absolute Gasteiger partial charge is 0.226 e. The molecule has 33 heavy (non-hydrogen) atoms. The van der Waals surface area contributed by atoms with Gasteiger partial charge < -0.3 is 4.90 Å². The zero-order valence-electron chi connectivity index (χ0n) is 20.3. The SMILES string of the molecule is C=CCC1CCC(c2ccc(Cl)cn2)N(C(CC)CSCC)C1=O.CC.Clc1ccccc1. The van der Waals surface area contributed by atoms with E-state index >= 15 is 0 Å². The fourth-order valence-corrected chi connectivity index (χ4v) is 4.94. The van der Waals surface area contributed by atoms with Gasteiger partial charge in [-0.05, 0) is 55.7 Å². The molecule has 1 aromatic carbocycles. The van der Waals surface area contributed by atoms with E-state index < -0.39 is 0 Å². The Bertz CT molecular complexity index is 802. The zero-order chi connectivity index (χ0) is 24.6. The molecule has 0 N–H and O–H groups in total. The molecule has 0 radical (unpaired) electrons. The fraction of sp³-hybridized carbons (Fsp3) is 0.481. The van der Waals surface area contributed by atoms with Crippen LogP contribution in [0.5, 0.6) is 0 Å². The Labute approximate surface area is 215 Å². The lowest BCUT2D eigenvalue weighted by Crippen LogP contribution is -2.50. The van der Waals surface area contributed by atoms with Crippen molar-refractivity contribution in [1.29, 1.82) is 0 Å². The molecule has 182 valence electrons. The van der Waals surface area contributed by atoms with E-state index in [2.05, 4.69) is 30.3 Å². The van der Waals surface area contributed by atoms with E-state index in [1.807, 2.05) is 74.1 Å². The first-order chi connectivity index (χ1) is 16.0. The first kappa shape index (κ1) is 29.5. The van der Waals surface area contributed by atoms with Gasteiger partial charge in [-0.2, -0.15) is 11.8 Å². The lowest BCUT2D eigenvalue weighted by atomic mass is 9.86. The van der Waals surface area contributed by atoms with Crippen LogP contribution in [0.3, 0.4) is 0 Å². The first-order valence-corrected chi connectivity index (χ1v) is 13.8. The molecule has 3 rings (SSSR count). The third kappa shape index (κ3) is 9.72. The van der Waals surface area contributed by atoms with Crippen molar-refractivity contribution in [1.82, 2.24) is 9.88 Å². The van der Waals surface area contributed by atoms with E-state index in [0.717, 1.165) is 47.9 Å². The molecular weight excluding hydrogens is 471 g/mol. The summed E-state index contributed by atoms with van der Waals surface area (Å²) in [6.07, 6.45) is 7.11. The van der Waals surface area contributed by atoms with E-state index in [4.69, 9.17) is 23.2 Å². The van der Waals surface area contributed by atoms with Gasteiger partial charge in [-0.15, -0.1) is 6.58 Å². The van der Waals surface area contributed by atoms with Crippen LogP contribution in [0.25, 0.3) is 0 Å². The number of hydrogen-bond acceptors (Lipinski definition) is 3. The number of carbonyl (C=O) groups excluding carboxylic acids is 1. The van der Waals surface area contributed by atoms with Gasteiger partial charge in [0.25, 0.3) is 0 Å². The average Bonchev–Trinajstić information content (AvgIpc) is 2.84. The minimum Gasteiger partial charge on any atom is -0.330 e. The molecule has 3 atom stereocenters. The Morgan fingerprint density at radius 3 is 2.30 bits per heavy atom. The lowest BCUT2D eigenvalue weighted by molar-refractivity contribution is -0.144. The second-order valence-electron chi connectivity index (χ2n) is 7.48. The predicted molar refractivity (Wildman–Crippen MR) is 146 cm³/mol. The molecule has 0 aliphatic carbocycles. The summed E-state index contributed by atoms with van der Waals surface area (Å²) in [5.41, 5.74) is 0.949. The summed E-state index contributed by atoms with van der Waals surface area (Å²) >= 11 is 13.4. The molecule has 1 amide bonds. The second-order valence-corrected chi connectivity index (χ2v) is 9.67. The van der Waals surface area contributed by atoms with E-state index in [1.165, 1.54) is 0 Å². The number of benzene rings is 1. The Balaban J connectivity index is 0.000000508. The number of thioether (sulfide) groups is 1. The van der Waals surface area contributed by atoms with Crippen molar-refractivity contribution in [2.24, 2.45) is 5.92 Å². The second kappa shape index (κ2) is 17.0. The number of aromatic nitrogens is 1. The van der Waals surface area contributed by atoms with Gasteiger partial charge in [-0.1, -0.05) is 75.2 Å². The summed E-state index contributed by atoms with van der Waals surface area (Å²) in [7, 11) is 0. The van der Waals surface area contributed by atoms with Crippen LogP contribution < -0.4 is 0 Å². The molecule has 3 nitrogen and oxygen atoms in total. The highest BCUT2D eigenvalue weighted by Gasteiger charge is 2.39. The Kier molecular flexibility index (Phi) is 15.2. The average molecular weight is 510 g/mol. The van der Waals surface area contributed by atoms with E-state index in [0.29, 0.717) is 5.02 Å². The van der Waals surface area contributed by atoms with Gasteiger partial charge in [0.15, 0.2) is 0 Å². The number of piperidine rings is 1. The van der Waals surface area contributed by atoms with Crippen molar-refractivity contribution in [3.63, 3.8) is 0 Å². The number of rotatable bonds is 8. The van der Waals surface area contributed by atoms with Gasteiger partial charge in [-0.3, -0.25) is 9.78 Å². The minimum atomic E-state index is 0.0539. The van der Waals surface area contributed by atoms with Crippen molar-refractivity contribution in [2.75, 3.05) is 11.5 Å². The van der Waals surface area contributed by atoms with Crippen LogP contribution in [0.15, 0.2) is 61.3 Å². The molecule has 2 heterocycles. The number of carbonyl (C=O) groups is 1. The van der Waals surface area contributed by atoms with Crippen molar-refractivity contribution in [3.8, 4) is 0 Å². The standard InChI is InChI=1S/C19H27ClN2OS.C6H5Cl.C2H6/c1-4-7-14-8-11-18(17-10-9-15(20)12-21-17)22(19(14)23)16(5-2)13-24-6-3;7-6-4-2-1-3-5-6;1-2/h4,9-10,12,14,16,18H,1,5-8,11,13H2,2-3H3;1-5H;1-2H3. The molecule has 6 heteroatoms. The van der Waals surface area contributed by atoms with E-state index in [9.17, 15) is 4.79 Å². The van der Waals surface area contributed by atoms with Gasteiger partial charge >= 0.3 is 0 Å². The van der Waals surface area contributed by atoms with Crippen molar-refractivity contribution in [2.45, 2.75) is 65.5 Å². The molecule has 1 aliphatic rings. The maximum atomic E-state index is 13.1. The van der Waals surface area contributed by atoms with Gasteiger partial charge in [0.2, 0.25) is 5.91 Å². The van der Waals surface area contributed by atoms with Crippen LogP contribution in [0.2, 0.25) is 10.0 Å². The molecule has 0 saturated carbocycles. The van der Waals surface area contributed by atoms with Gasteiger partial charge in [0.1, 0.15) is 0 Å².